The summed E-state index contributed by atoms with van der Waals surface area (Å²) in [5, 5.41) is 0. The van der Waals surface area contributed by atoms with E-state index >= 15 is 0 Å². The van der Waals surface area contributed by atoms with Gasteiger partial charge in [0, 0.05) is 5.41 Å². The molecule has 11 heavy (non-hydrogen) atoms. The number of amides is 1. The minimum atomic E-state index is -0.695. The van der Waals surface area contributed by atoms with Crippen LogP contribution in [0.15, 0.2) is 0 Å². The van der Waals surface area contributed by atoms with Gasteiger partial charge in [0.15, 0.2) is 0 Å². The molecular formula is C8H17NO2. The summed E-state index contributed by atoms with van der Waals surface area (Å²) in [7, 11) is 0. The Kier molecular flexibility index (Phi) is 3.36. The monoisotopic (exact) mass is 159 g/mol. The Morgan fingerprint density at radius 3 is 2.36 bits per heavy atom. The van der Waals surface area contributed by atoms with Crippen LogP contribution < -0.4 is 5.73 Å². The number of primary amides is 1. The molecule has 0 aromatic rings. The zero-order valence-corrected chi connectivity index (χ0v) is 7.68. The smallest absolute Gasteiger partial charge is 0.404 e. The van der Waals surface area contributed by atoms with Crippen LogP contribution in [0.1, 0.15) is 34.1 Å². The second kappa shape index (κ2) is 3.60. The number of carbonyl (C=O) groups is 1. The fraction of sp³-hybridized carbons (Fsp3) is 0.875. The molecule has 0 aliphatic carbocycles. The molecule has 1 atom stereocenters. The Morgan fingerprint density at radius 1 is 1.64 bits per heavy atom. The van der Waals surface area contributed by atoms with Crippen LogP contribution in [0, 0.1) is 5.41 Å². The second-order valence-corrected chi connectivity index (χ2v) is 3.42. The molecule has 0 aromatic carbocycles. The van der Waals surface area contributed by atoms with E-state index in [4.69, 9.17) is 10.5 Å². The Balaban J connectivity index is 4.01. The summed E-state index contributed by atoms with van der Waals surface area (Å²) >= 11 is 0. The highest BCUT2D eigenvalue weighted by molar-refractivity contribution is 5.64. The third-order valence-corrected chi connectivity index (χ3v) is 2.30. The summed E-state index contributed by atoms with van der Waals surface area (Å²) in [5.74, 6) is 0. The molecule has 0 radical (unpaired) electrons. The molecule has 66 valence electrons. The average molecular weight is 159 g/mol. The van der Waals surface area contributed by atoms with Gasteiger partial charge in [-0.1, -0.05) is 20.8 Å². The zero-order chi connectivity index (χ0) is 9.07. The van der Waals surface area contributed by atoms with Gasteiger partial charge in [-0.05, 0) is 13.3 Å². The van der Waals surface area contributed by atoms with Crippen LogP contribution in [0.2, 0.25) is 0 Å². The van der Waals surface area contributed by atoms with Gasteiger partial charge in [-0.3, -0.25) is 0 Å². The molecule has 0 aliphatic heterocycles. The van der Waals surface area contributed by atoms with Crippen LogP contribution in [0.4, 0.5) is 4.79 Å². The van der Waals surface area contributed by atoms with Crippen LogP contribution in [0.25, 0.3) is 0 Å². The Bertz CT molecular complexity index is 143. The molecule has 0 heterocycles. The molecule has 0 aromatic heterocycles. The van der Waals surface area contributed by atoms with Crippen molar-refractivity contribution in [3.05, 3.63) is 0 Å². The van der Waals surface area contributed by atoms with Crippen molar-refractivity contribution < 1.29 is 9.53 Å². The molecule has 0 aliphatic rings. The van der Waals surface area contributed by atoms with Gasteiger partial charge >= 0.3 is 6.09 Å². The van der Waals surface area contributed by atoms with Crippen molar-refractivity contribution in [1.29, 1.82) is 0 Å². The van der Waals surface area contributed by atoms with E-state index < -0.39 is 6.09 Å². The fourth-order valence-corrected chi connectivity index (χ4v) is 0.621. The number of ether oxygens (including phenoxy) is 1. The molecule has 3 heteroatoms. The number of hydrogen-bond acceptors (Lipinski definition) is 2. The fourth-order valence-electron chi connectivity index (χ4n) is 0.621. The van der Waals surface area contributed by atoms with Gasteiger partial charge in [-0.25, -0.2) is 4.79 Å². The lowest BCUT2D eigenvalue weighted by Crippen LogP contribution is -2.32. The van der Waals surface area contributed by atoms with Crippen molar-refractivity contribution in [1.82, 2.24) is 0 Å². The summed E-state index contributed by atoms with van der Waals surface area (Å²) < 4.78 is 4.84. The highest BCUT2D eigenvalue weighted by Gasteiger charge is 2.26. The van der Waals surface area contributed by atoms with Crippen LogP contribution in [-0.4, -0.2) is 12.2 Å². The van der Waals surface area contributed by atoms with Gasteiger partial charge in [0.2, 0.25) is 0 Å². The molecule has 2 N–H and O–H groups in total. The predicted octanol–water partition coefficient (Wildman–Crippen LogP) is 1.91. The topological polar surface area (TPSA) is 52.3 Å². The first-order chi connectivity index (χ1) is 4.90. The third-order valence-electron chi connectivity index (χ3n) is 2.30. The maximum atomic E-state index is 10.4. The molecule has 0 spiro atoms. The van der Waals surface area contributed by atoms with E-state index in [0.29, 0.717) is 0 Å². The highest BCUT2D eigenvalue weighted by atomic mass is 16.6. The summed E-state index contributed by atoms with van der Waals surface area (Å²) in [4.78, 5) is 10.4. The van der Waals surface area contributed by atoms with E-state index in [0.717, 1.165) is 6.42 Å². The first kappa shape index (κ1) is 10.3. The normalized spacial score (nSPS) is 14.2. The van der Waals surface area contributed by atoms with E-state index in [1.807, 2.05) is 20.8 Å². The summed E-state index contributed by atoms with van der Waals surface area (Å²) in [6.45, 7) is 8.00. The highest BCUT2D eigenvalue weighted by Crippen LogP contribution is 2.26. The molecule has 1 amide bonds. The molecule has 3 nitrogen and oxygen atoms in total. The van der Waals surface area contributed by atoms with Gasteiger partial charge < -0.3 is 10.5 Å². The first-order valence-corrected chi connectivity index (χ1v) is 3.86. The molecule has 0 saturated heterocycles. The van der Waals surface area contributed by atoms with Crippen LogP contribution in [-0.2, 0) is 4.74 Å². The van der Waals surface area contributed by atoms with Gasteiger partial charge in [0.25, 0.3) is 0 Å². The quantitative estimate of drug-likeness (QED) is 0.683. The van der Waals surface area contributed by atoms with E-state index in [1.165, 1.54) is 0 Å². The predicted molar refractivity (Wildman–Crippen MR) is 44.2 cm³/mol. The van der Waals surface area contributed by atoms with Crippen molar-refractivity contribution in [2.24, 2.45) is 11.1 Å². The van der Waals surface area contributed by atoms with Crippen molar-refractivity contribution in [2.45, 2.75) is 40.2 Å². The minimum Gasteiger partial charge on any atom is -0.446 e. The molecule has 0 saturated carbocycles. The zero-order valence-electron chi connectivity index (χ0n) is 7.68. The number of hydrogen-bond donors (Lipinski definition) is 1. The SMILES string of the molecule is CCC(C)(C)C(C)OC(N)=O. The average Bonchev–Trinajstić information content (AvgIpc) is 1.86. The maximum absolute atomic E-state index is 10.4. The van der Waals surface area contributed by atoms with Crippen LogP contribution >= 0.6 is 0 Å². The van der Waals surface area contributed by atoms with E-state index in [-0.39, 0.29) is 11.5 Å². The first-order valence-electron chi connectivity index (χ1n) is 3.86. The molecule has 0 fully saturated rings. The van der Waals surface area contributed by atoms with E-state index in [2.05, 4.69) is 6.92 Å². The molecule has 1 unspecified atom stereocenters. The van der Waals surface area contributed by atoms with E-state index in [1.54, 1.807) is 0 Å². The largest absolute Gasteiger partial charge is 0.446 e. The third kappa shape index (κ3) is 3.25. The van der Waals surface area contributed by atoms with E-state index in [9.17, 15) is 4.79 Å². The lowest BCUT2D eigenvalue weighted by molar-refractivity contribution is 0.0383. The summed E-state index contributed by atoms with van der Waals surface area (Å²) in [6, 6.07) is 0. The molecule has 0 rings (SSSR count). The Labute approximate surface area is 67.9 Å². The summed E-state index contributed by atoms with van der Waals surface area (Å²) in [5.41, 5.74) is 4.89. The van der Waals surface area contributed by atoms with Crippen molar-refractivity contribution in [3.63, 3.8) is 0 Å². The number of nitrogens with two attached hydrogens (primary N) is 1. The van der Waals surface area contributed by atoms with Gasteiger partial charge in [0.05, 0.1) is 0 Å². The van der Waals surface area contributed by atoms with Crippen molar-refractivity contribution in [3.8, 4) is 0 Å². The summed E-state index contributed by atoms with van der Waals surface area (Å²) in [6.07, 6.45) is 0.144. The minimum absolute atomic E-state index is 0.00896. The Hall–Kier alpha value is -0.730. The van der Waals surface area contributed by atoms with Crippen molar-refractivity contribution >= 4 is 6.09 Å². The lowest BCUT2D eigenvalue weighted by Gasteiger charge is -2.29. The molecule has 0 bridgehead atoms. The van der Waals surface area contributed by atoms with Gasteiger partial charge in [-0.15, -0.1) is 0 Å². The number of rotatable bonds is 3. The number of carbonyl (C=O) groups excluding carboxylic acids is 1. The van der Waals surface area contributed by atoms with Crippen LogP contribution in [0.3, 0.4) is 0 Å². The lowest BCUT2D eigenvalue weighted by atomic mass is 9.85. The van der Waals surface area contributed by atoms with Gasteiger partial charge in [-0.2, -0.15) is 0 Å². The standard InChI is InChI=1S/C8H17NO2/c1-5-8(3,4)6(2)11-7(9)10/h6H,5H2,1-4H3,(H2,9,10). The second-order valence-electron chi connectivity index (χ2n) is 3.42. The van der Waals surface area contributed by atoms with Crippen molar-refractivity contribution in [2.75, 3.05) is 0 Å². The molecular weight excluding hydrogens is 142 g/mol. The maximum Gasteiger partial charge on any atom is 0.404 e. The van der Waals surface area contributed by atoms with Gasteiger partial charge in [0.1, 0.15) is 6.10 Å². The van der Waals surface area contributed by atoms with Crippen LogP contribution in [0.5, 0.6) is 0 Å². The Morgan fingerprint density at radius 2 is 2.09 bits per heavy atom.